The molecule has 0 amide bonds. The topological polar surface area (TPSA) is 43.2 Å². The molecule has 1 fully saturated rings. The van der Waals surface area contributed by atoms with E-state index >= 15 is 0 Å². The van der Waals surface area contributed by atoms with Crippen molar-refractivity contribution < 1.29 is 0 Å². The van der Waals surface area contributed by atoms with Crippen molar-refractivity contribution in [2.24, 2.45) is 0 Å². The molecule has 0 aromatic carbocycles. The van der Waals surface area contributed by atoms with Gasteiger partial charge in [0.1, 0.15) is 0 Å². The number of hydrogen-bond donors (Lipinski definition) is 0. The zero-order valence-corrected chi connectivity index (χ0v) is 14.1. The molecule has 0 unspecified atom stereocenters. The molecule has 0 spiro atoms. The molecular weight excluding hydrogens is 280 g/mol. The molecule has 1 aliphatic heterocycles. The minimum atomic E-state index is 0.516. The lowest BCUT2D eigenvalue weighted by atomic mass is 10.2. The van der Waals surface area contributed by atoms with Gasteiger partial charge in [-0.1, -0.05) is 20.3 Å². The lowest BCUT2D eigenvalue weighted by Gasteiger charge is -2.33. The number of likely N-dealkylation sites (N-methyl/N-ethyl adjacent to an activating group) is 1. The number of nitrogens with zero attached hydrogens (tertiary/aromatic N) is 4. The molecular formula is C16H26N4S. The van der Waals surface area contributed by atoms with Gasteiger partial charge < -0.3 is 9.80 Å². The highest BCUT2D eigenvalue weighted by Crippen LogP contribution is 2.21. The summed E-state index contributed by atoms with van der Waals surface area (Å²) in [7, 11) is 0. The number of aryl methyl sites for hydroxylation is 1. The van der Waals surface area contributed by atoms with Gasteiger partial charge in [-0.25, -0.2) is 4.98 Å². The van der Waals surface area contributed by atoms with Crippen molar-refractivity contribution in [2.75, 3.05) is 39.3 Å². The summed E-state index contributed by atoms with van der Waals surface area (Å²) in [5.41, 5.74) is 1.16. The molecule has 1 saturated heterocycles. The molecule has 1 aromatic heterocycles. The SMILES string of the molecule is CCCc1nc(CCN2CCN(CC)CC2)sc1CC#N. The Morgan fingerprint density at radius 1 is 1.14 bits per heavy atom. The predicted octanol–water partition coefficient (Wildman–Crippen LogP) is 2.34. The van der Waals surface area contributed by atoms with Gasteiger partial charge in [0, 0.05) is 44.0 Å². The summed E-state index contributed by atoms with van der Waals surface area (Å²) in [6, 6.07) is 2.27. The fraction of sp³-hybridized carbons (Fsp3) is 0.750. The zero-order chi connectivity index (χ0) is 15.1. The third-order valence-electron chi connectivity index (χ3n) is 4.10. The average Bonchev–Trinajstić information content (AvgIpc) is 2.89. The van der Waals surface area contributed by atoms with E-state index in [9.17, 15) is 0 Å². The maximum Gasteiger partial charge on any atom is 0.0944 e. The minimum Gasteiger partial charge on any atom is -0.301 e. The lowest BCUT2D eigenvalue weighted by Crippen LogP contribution is -2.46. The second kappa shape index (κ2) is 8.47. The highest BCUT2D eigenvalue weighted by atomic mass is 32.1. The Hall–Kier alpha value is -0.960. The zero-order valence-electron chi connectivity index (χ0n) is 13.3. The number of rotatable bonds is 7. The van der Waals surface area contributed by atoms with Crippen LogP contribution in [0.15, 0.2) is 0 Å². The van der Waals surface area contributed by atoms with Crippen molar-refractivity contribution in [3.05, 3.63) is 15.6 Å². The maximum absolute atomic E-state index is 8.92. The molecule has 0 bridgehead atoms. The van der Waals surface area contributed by atoms with E-state index in [0.29, 0.717) is 6.42 Å². The van der Waals surface area contributed by atoms with Crippen LogP contribution in [0.5, 0.6) is 0 Å². The van der Waals surface area contributed by atoms with Crippen LogP contribution in [0.2, 0.25) is 0 Å². The van der Waals surface area contributed by atoms with Crippen LogP contribution >= 0.6 is 11.3 Å². The first-order valence-electron chi connectivity index (χ1n) is 8.05. The van der Waals surface area contributed by atoms with E-state index in [0.717, 1.165) is 38.0 Å². The van der Waals surface area contributed by atoms with Gasteiger partial charge >= 0.3 is 0 Å². The van der Waals surface area contributed by atoms with E-state index < -0.39 is 0 Å². The third-order valence-corrected chi connectivity index (χ3v) is 5.26. The van der Waals surface area contributed by atoms with E-state index in [1.165, 1.54) is 36.1 Å². The van der Waals surface area contributed by atoms with Gasteiger partial charge in [0.2, 0.25) is 0 Å². The Kier molecular flexibility index (Phi) is 6.62. The summed E-state index contributed by atoms with van der Waals surface area (Å²) in [5.74, 6) is 0. The molecule has 5 heteroatoms. The molecule has 21 heavy (non-hydrogen) atoms. The number of piperazine rings is 1. The van der Waals surface area contributed by atoms with E-state index in [1.807, 2.05) is 0 Å². The predicted molar refractivity (Wildman–Crippen MR) is 87.7 cm³/mol. The third kappa shape index (κ3) is 4.77. The van der Waals surface area contributed by atoms with Gasteiger partial charge in [-0.2, -0.15) is 5.26 Å². The Morgan fingerprint density at radius 3 is 2.48 bits per heavy atom. The lowest BCUT2D eigenvalue weighted by molar-refractivity contribution is 0.138. The summed E-state index contributed by atoms with van der Waals surface area (Å²) in [5, 5.41) is 10.1. The Bertz CT molecular complexity index is 469. The number of nitriles is 1. The second-order valence-electron chi connectivity index (χ2n) is 5.59. The molecule has 2 heterocycles. The van der Waals surface area contributed by atoms with Crippen molar-refractivity contribution in [1.29, 1.82) is 5.26 Å². The van der Waals surface area contributed by atoms with Gasteiger partial charge in [0.05, 0.1) is 23.2 Å². The van der Waals surface area contributed by atoms with E-state index in [4.69, 9.17) is 10.2 Å². The molecule has 4 nitrogen and oxygen atoms in total. The van der Waals surface area contributed by atoms with E-state index in [2.05, 4.69) is 29.7 Å². The second-order valence-corrected chi connectivity index (χ2v) is 6.76. The quantitative estimate of drug-likeness (QED) is 0.775. The smallest absolute Gasteiger partial charge is 0.0944 e. The Balaban J connectivity index is 1.85. The van der Waals surface area contributed by atoms with Crippen LogP contribution in [0.25, 0.3) is 0 Å². The molecule has 0 radical (unpaired) electrons. The largest absolute Gasteiger partial charge is 0.301 e. The first-order chi connectivity index (χ1) is 10.3. The Morgan fingerprint density at radius 2 is 1.86 bits per heavy atom. The fourth-order valence-electron chi connectivity index (χ4n) is 2.77. The van der Waals surface area contributed by atoms with Crippen molar-refractivity contribution in [1.82, 2.24) is 14.8 Å². The van der Waals surface area contributed by atoms with Gasteiger partial charge in [-0.15, -0.1) is 11.3 Å². The number of hydrogen-bond acceptors (Lipinski definition) is 5. The molecule has 2 rings (SSSR count). The highest BCUT2D eigenvalue weighted by molar-refractivity contribution is 7.11. The first-order valence-corrected chi connectivity index (χ1v) is 8.87. The van der Waals surface area contributed by atoms with Gasteiger partial charge in [0.25, 0.3) is 0 Å². The molecule has 1 aromatic rings. The minimum absolute atomic E-state index is 0.516. The van der Waals surface area contributed by atoms with Crippen LogP contribution in [0.1, 0.15) is 35.8 Å². The van der Waals surface area contributed by atoms with Gasteiger partial charge in [0.15, 0.2) is 0 Å². The molecule has 1 aliphatic rings. The number of thiazole rings is 1. The molecule has 0 aliphatic carbocycles. The van der Waals surface area contributed by atoms with Crippen LogP contribution in [0, 0.1) is 11.3 Å². The van der Waals surface area contributed by atoms with Crippen molar-refractivity contribution in [3.63, 3.8) is 0 Å². The van der Waals surface area contributed by atoms with Crippen LogP contribution in [0.3, 0.4) is 0 Å². The number of aromatic nitrogens is 1. The van der Waals surface area contributed by atoms with Crippen LogP contribution < -0.4 is 0 Å². The summed E-state index contributed by atoms with van der Waals surface area (Å²) >= 11 is 1.75. The summed E-state index contributed by atoms with van der Waals surface area (Å²) < 4.78 is 0. The van der Waals surface area contributed by atoms with Gasteiger partial charge in [-0.3, -0.25) is 0 Å². The summed E-state index contributed by atoms with van der Waals surface area (Å²) in [4.78, 5) is 11.0. The highest BCUT2D eigenvalue weighted by Gasteiger charge is 2.16. The first kappa shape index (κ1) is 16.4. The van der Waals surface area contributed by atoms with Crippen LogP contribution in [-0.4, -0.2) is 54.1 Å². The molecule has 116 valence electrons. The van der Waals surface area contributed by atoms with Gasteiger partial charge in [-0.05, 0) is 13.0 Å². The maximum atomic E-state index is 8.92. The van der Waals surface area contributed by atoms with Crippen molar-refractivity contribution in [2.45, 2.75) is 39.5 Å². The summed E-state index contributed by atoms with van der Waals surface area (Å²) in [6.07, 6.45) is 3.64. The normalized spacial score (nSPS) is 17.0. The monoisotopic (exact) mass is 306 g/mol. The van der Waals surface area contributed by atoms with E-state index in [-0.39, 0.29) is 0 Å². The Labute approximate surface area is 132 Å². The molecule has 0 atom stereocenters. The van der Waals surface area contributed by atoms with Crippen LogP contribution in [0.4, 0.5) is 0 Å². The average molecular weight is 306 g/mol. The van der Waals surface area contributed by atoms with Crippen molar-refractivity contribution in [3.8, 4) is 6.07 Å². The molecule has 0 saturated carbocycles. The fourth-order valence-corrected chi connectivity index (χ4v) is 3.80. The molecule has 0 N–H and O–H groups in total. The standard InChI is InChI=1S/C16H26N4S/c1-3-5-14-15(6-8-17)21-16(18-14)7-9-20-12-10-19(4-2)11-13-20/h3-7,9-13H2,1-2H3. The summed E-state index contributed by atoms with van der Waals surface area (Å²) in [6.45, 7) is 11.4. The van der Waals surface area contributed by atoms with Crippen molar-refractivity contribution >= 4 is 11.3 Å². The van der Waals surface area contributed by atoms with Crippen LogP contribution in [-0.2, 0) is 19.3 Å². The van der Waals surface area contributed by atoms with E-state index in [1.54, 1.807) is 11.3 Å².